The Morgan fingerprint density at radius 1 is 0.923 bits per heavy atom. The van der Waals surface area contributed by atoms with Gasteiger partial charge >= 0.3 is 6.03 Å². The summed E-state index contributed by atoms with van der Waals surface area (Å²) >= 11 is 3.28. The van der Waals surface area contributed by atoms with Gasteiger partial charge in [-0.05, 0) is 49.0 Å². The summed E-state index contributed by atoms with van der Waals surface area (Å²) in [5.41, 5.74) is 1.83. The molecule has 2 N–H and O–H groups in total. The quantitative estimate of drug-likeness (QED) is 0.355. The summed E-state index contributed by atoms with van der Waals surface area (Å²) in [5, 5.41) is 5.46. The molecule has 3 amide bonds. The Kier molecular flexibility index (Phi) is 10.0. The number of amides is 3. The molecule has 1 saturated heterocycles. The van der Waals surface area contributed by atoms with Gasteiger partial charge in [0, 0.05) is 55.0 Å². The number of anilines is 2. The van der Waals surface area contributed by atoms with Crippen molar-refractivity contribution in [2.24, 2.45) is 0 Å². The molecule has 39 heavy (non-hydrogen) atoms. The van der Waals surface area contributed by atoms with Crippen LogP contribution >= 0.6 is 15.9 Å². The van der Waals surface area contributed by atoms with Gasteiger partial charge in [0.1, 0.15) is 11.6 Å². The topological polar surface area (TPSA) is 67.9 Å². The van der Waals surface area contributed by atoms with Crippen LogP contribution in [0.15, 0.2) is 71.2 Å². The maximum absolute atomic E-state index is 14.6. The van der Waals surface area contributed by atoms with Gasteiger partial charge in [-0.1, -0.05) is 46.3 Å². The molecule has 206 valence electrons. The molecule has 0 aromatic heterocycles. The minimum Gasteiger partial charge on any atom is -0.323 e. The summed E-state index contributed by atoms with van der Waals surface area (Å²) in [6, 6.07) is 17.4. The fourth-order valence-corrected chi connectivity index (χ4v) is 4.63. The minimum atomic E-state index is -0.496. The van der Waals surface area contributed by atoms with Crippen LogP contribution < -0.4 is 10.6 Å². The van der Waals surface area contributed by atoms with Crippen LogP contribution in [0.1, 0.15) is 11.1 Å². The zero-order chi connectivity index (χ0) is 27.8. The number of carbonyl (C=O) groups is 2. The number of piperazine rings is 1. The van der Waals surface area contributed by atoms with Crippen LogP contribution in [0.5, 0.6) is 0 Å². The normalized spacial score (nSPS) is 14.2. The average molecular weight is 601 g/mol. The lowest BCUT2D eigenvalue weighted by molar-refractivity contribution is -0.115. The highest BCUT2D eigenvalue weighted by Gasteiger charge is 2.20. The first kappa shape index (κ1) is 28.7. The van der Waals surface area contributed by atoms with E-state index in [0.717, 1.165) is 26.2 Å². The Morgan fingerprint density at radius 3 is 2.33 bits per heavy atom. The number of nitrogens with zero attached hydrogens (tertiary/aromatic N) is 3. The molecule has 1 fully saturated rings. The van der Waals surface area contributed by atoms with E-state index in [-0.39, 0.29) is 36.4 Å². The third-order valence-corrected chi connectivity index (χ3v) is 7.16. The second kappa shape index (κ2) is 13.6. The van der Waals surface area contributed by atoms with E-state index in [9.17, 15) is 18.4 Å². The Hall–Kier alpha value is -3.34. The molecule has 10 heteroatoms. The second-order valence-corrected chi connectivity index (χ2v) is 10.5. The SMILES string of the molecule is CN1CCN(CCN(Cc2ccc(Br)cc2F)C(=O)Nc2ccc(CC(=O)Nc3ccccc3F)cc2)CC1. The van der Waals surface area contributed by atoms with Crippen molar-refractivity contribution in [1.82, 2.24) is 14.7 Å². The van der Waals surface area contributed by atoms with Crippen LogP contribution in [-0.4, -0.2) is 73.0 Å². The van der Waals surface area contributed by atoms with Crippen molar-refractivity contribution in [1.29, 1.82) is 0 Å². The predicted octanol–water partition coefficient (Wildman–Crippen LogP) is 5.19. The van der Waals surface area contributed by atoms with Gasteiger partial charge in [-0.2, -0.15) is 0 Å². The molecule has 0 bridgehead atoms. The van der Waals surface area contributed by atoms with Crippen molar-refractivity contribution in [2.45, 2.75) is 13.0 Å². The van der Waals surface area contributed by atoms with Crippen LogP contribution in [-0.2, 0) is 17.8 Å². The third-order valence-electron chi connectivity index (χ3n) is 6.66. The Morgan fingerprint density at radius 2 is 1.64 bits per heavy atom. The highest BCUT2D eigenvalue weighted by molar-refractivity contribution is 9.10. The van der Waals surface area contributed by atoms with Crippen molar-refractivity contribution in [3.8, 4) is 0 Å². The summed E-state index contributed by atoms with van der Waals surface area (Å²) in [6.07, 6.45) is 0.0581. The fourth-order valence-electron chi connectivity index (χ4n) is 4.29. The lowest BCUT2D eigenvalue weighted by Crippen LogP contribution is -2.48. The standard InChI is InChI=1S/C29H32BrF2N5O2/c1-35-12-14-36(15-13-35)16-17-37(20-22-8-9-23(30)19-26(22)32)29(39)33-24-10-6-21(7-11-24)18-28(38)34-27-5-3-2-4-25(27)31/h2-11,19H,12-18,20H2,1H3,(H,33,39)(H,34,38). The zero-order valence-corrected chi connectivity index (χ0v) is 23.4. The summed E-state index contributed by atoms with van der Waals surface area (Å²) in [5.74, 6) is -1.22. The zero-order valence-electron chi connectivity index (χ0n) is 21.8. The fraction of sp³-hybridized carbons (Fsp3) is 0.310. The number of urea groups is 1. The summed E-state index contributed by atoms with van der Waals surface area (Å²) in [7, 11) is 2.09. The van der Waals surface area contributed by atoms with Crippen LogP contribution in [0.25, 0.3) is 0 Å². The van der Waals surface area contributed by atoms with Gasteiger partial charge in [0.05, 0.1) is 18.7 Å². The van der Waals surface area contributed by atoms with Crippen molar-refractivity contribution in [2.75, 3.05) is 56.9 Å². The number of carbonyl (C=O) groups excluding carboxylic acids is 2. The Bertz CT molecular complexity index is 1280. The first-order valence-corrected chi connectivity index (χ1v) is 13.6. The van der Waals surface area contributed by atoms with E-state index in [1.807, 2.05) is 0 Å². The number of hydrogen-bond acceptors (Lipinski definition) is 4. The van der Waals surface area contributed by atoms with Crippen LogP contribution in [0.4, 0.5) is 25.0 Å². The number of likely N-dealkylation sites (N-methyl/N-ethyl adjacent to an activating group) is 1. The van der Waals surface area contributed by atoms with E-state index in [1.165, 1.54) is 18.2 Å². The van der Waals surface area contributed by atoms with Crippen LogP contribution in [0, 0.1) is 11.6 Å². The largest absolute Gasteiger partial charge is 0.323 e. The highest BCUT2D eigenvalue weighted by atomic mass is 79.9. The van der Waals surface area contributed by atoms with E-state index in [4.69, 9.17) is 0 Å². The van der Waals surface area contributed by atoms with E-state index < -0.39 is 5.82 Å². The van der Waals surface area contributed by atoms with Crippen molar-refractivity contribution in [3.05, 3.63) is 94.0 Å². The average Bonchev–Trinajstić information content (AvgIpc) is 2.91. The molecule has 3 aromatic carbocycles. The maximum Gasteiger partial charge on any atom is 0.322 e. The molecule has 4 rings (SSSR count). The number of benzene rings is 3. The molecule has 0 atom stereocenters. The van der Waals surface area contributed by atoms with Gasteiger partial charge in [0.2, 0.25) is 5.91 Å². The Labute approximate surface area is 235 Å². The first-order chi connectivity index (χ1) is 18.8. The first-order valence-electron chi connectivity index (χ1n) is 12.8. The van der Waals surface area contributed by atoms with Crippen molar-refractivity contribution >= 4 is 39.2 Å². The summed E-state index contributed by atoms with van der Waals surface area (Å²) in [4.78, 5) is 31.8. The molecule has 1 heterocycles. The molecule has 1 aliphatic heterocycles. The Balaban J connectivity index is 1.37. The molecular formula is C29H32BrF2N5O2. The molecule has 0 aliphatic carbocycles. The molecule has 3 aromatic rings. The molecular weight excluding hydrogens is 568 g/mol. The van der Waals surface area contributed by atoms with Crippen LogP contribution in [0.3, 0.4) is 0 Å². The van der Waals surface area contributed by atoms with Gasteiger partial charge in [0.15, 0.2) is 0 Å². The monoisotopic (exact) mass is 599 g/mol. The number of halogens is 3. The lowest BCUT2D eigenvalue weighted by atomic mass is 10.1. The number of hydrogen-bond donors (Lipinski definition) is 2. The van der Waals surface area contributed by atoms with E-state index in [1.54, 1.807) is 53.4 Å². The maximum atomic E-state index is 14.6. The van der Waals surface area contributed by atoms with Gasteiger partial charge in [-0.15, -0.1) is 0 Å². The number of para-hydroxylation sites is 1. The van der Waals surface area contributed by atoms with Gasteiger partial charge in [-0.3, -0.25) is 9.69 Å². The molecule has 0 spiro atoms. The third kappa shape index (κ3) is 8.58. The molecule has 0 saturated carbocycles. The smallest absolute Gasteiger partial charge is 0.322 e. The highest BCUT2D eigenvalue weighted by Crippen LogP contribution is 2.19. The summed E-state index contributed by atoms with van der Waals surface area (Å²) < 4.78 is 29.0. The second-order valence-electron chi connectivity index (χ2n) is 9.63. The molecule has 0 unspecified atom stereocenters. The molecule has 0 radical (unpaired) electrons. The predicted molar refractivity (Wildman–Crippen MR) is 153 cm³/mol. The van der Waals surface area contributed by atoms with Gasteiger partial charge in [0.25, 0.3) is 0 Å². The number of rotatable bonds is 9. The molecule has 1 aliphatic rings. The lowest BCUT2D eigenvalue weighted by Gasteiger charge is -2.34. The number of nitrogens with one attached hydrogen (secondary N) is 2. The minimum absolute atomic E-state index is 0.0581. The summed E-state index contributed by atoms with van der Waals surface area (Å²) in [6.45, 7) is 5.05. The van der Waals surface area contributed by atoms with E-state index in [0.29, 0.717) is 34.4 Å². The van der Waals surface area contributed by atoms with Crippen molar-refractivity contribution in [3.63, 3.8) is 0 Å². The van der Waals surface area contributed by atoms with Gasteiger partial charge in [-0.25, -0.2) is 13.6 Å². The van der Waals surface area contributed by atoms with E-state index in [2.05, 4.69) is 43.4 Å². The van der Waals surface area contributed by atoms with Crippen molar-refractivity contribution < 1.29 is 18.4 Å². The van der Waals surface area contributed by atoms with Crippen LogP contribution in [0.2, 0.25) is 0 Å². The van der Waals surface area contributed by atoms with Gasteiger partial charge < -0.3 is 20.4 Å². The molecule has 7 nitrogen and oxygen atoms in total. The van der Waals surface area contributed by atoms with E-state index >= 15 is 0 Å².